The second-order valence-corrected chi connectivity index (χ2v) is 7.22. The van der Waals surface area contributed by atoms with Crippen LogP contribution in [0, 0.1) is 0 Å². The van der Waals surface area contributed by atoms with Gasteiger partial charge in [0.2, 0.25) is 0 Å². The molecule has 0 heterocycles. The number of unbranched alkanes of at least 4 members (excludes halogenated alkanes) is 1. The third-order valence-corrected chi connectivity index (χ3v) is 3.88. The molecule has 0 aromatic carbocycles. The van der Waals surface area contributed by atoms with Gasteiger partial charge in [0.25, 0.3) is 0 Å². The molecule has 5 nitrogen and oxygen atoms in total. The molecule has 0 aromatic heterocycles. The molecular formula is C25H39N5. The third kappa shape index (κ3) is 16.2. The fraction of sp³-hybridized carbons (Fsp3) is 0.440. The zero-order valence-corrected chi connectivity index (χ0v) is 19.7. The van der Waals surface area contributed by atoms with Gasteiger partial charge in [-0.2, -0.15) is 20.5 Å². The molecule has 0 saturated heterocycles. The SMILES string of the molecule is C=C(/C=C\C(=C)NCCC)N=N/C(C)=C/C=C(\C)N=N/C(C)=C/C=C(\C)CCCC. The summed E-state index contributed by atoms with van der Waals surface area (Å²) < 4.78 is 0. The minimum Gasteiger partial charge on any atom is -0.386 e. The van der Waals surface area contributed by atoms with Crippen LogP contribution in [0.1, 0.15) is 67.2 Å². The van der Waals surface area contributed by atoms with Crippen LogP contribution >= 0.6 is 0 Å². The van der Waals surface area contributed by atoms with Crippen molar-refractivity contribution in [2.45, 2.75) is 67.2 Å². The molecule has 0 unspecified atom stereocenters. The van der Waals surface area contributed by atoms with E-state index in [9.17, 15) is 0 Å². The second kappa shape index (κ2) is 17.1. The van der Waals surface area contributed by atoms with Gasteiger partial charge in [0, 0.05) is 12.2 Å². The lowest BCUT2D eigenvalue weighted by Crippen LogP contribution is -2.11. The predicted molar refractivity (Wildman–Crippen MR) is 130 cm³/mol. The van der Waals surface area contributed by atoms with Crippen molar-refractivity contribution >= 4 is 0 Å². The number of nitrogens with zero attached hydrogens (tertiary/aromatic N) is 4. The number of hydrogen-bond acceptors (Lipinski definition) is 5. The van der Waals surface area contributed by atoms with E-state index in [4.69, 9.17) is 0 Å². The van der Waals surface area contributed by atoms with E-state index in [2.05, 4.69) is 65.8 Å². The number of nitrogens with one attached hydrogen (secondary N) is 1. The molecule has 0 rings (SSSR count). The van der Waals surface area contributed by atoms with Crippen LogP contribution in [-0.2, 0) is 0 Å². The number of rotatable bonds is 14. The summed E-state index contributed by atoms with van der Waals surface area (Å²) in [5.41, 5.74) is 5.17. The minimum atomic E-state index is 0.561. The van der Waals surface area contributed by atoms with Crippen molar-refractivity contribution in [3.05, 3.63) is 83.7 Å². The average Bonchev–Trinajstić information content (AvgIpc) is 2.73. The first-order chi connectivity index (χ1) is 14.3. The Hall–Kier alpha value is -2.82. The molecule has 164 valence electrons. The highest BCUT2D eigenvalue weighted by Crippen LogP contribution is 2.09. The Morgan fingerprint density at radius 2 is 1.27 bits per heavy atom. The predicted octanol–water partition coefficient (Wildman–Crippen LogP) is 8.32. The van der Waals surface area contributed by atoms with Crippen molar-refractivity contribution in [1.82, 2.24) is 5.32 Å². The maximum absolute atomic E-state index is 4.24. The molecule has 0 bridgehead atoms. The van der Waals surface area contributed by atoms with Crippen LogP contribution in [0.4, 0.5) is 0 Å². The summed E-state index contributed by atoms with van der Waals surface area (Å²) in [5.74, 6) is 0. The van der Waals surface area contributed by atoms with Crippen LogP contribution in [0.5, 0.6) is 0 Å². The Morgan fingerprint density at radius 3 is 1.80 bits per heavy atom. The maximum atomic E-state index is 4.24. The zero-order chi connectivity index (χ0) is 22.8. The third-order valence-electron chi connectivity index (χ3n) is 3.88. The Balaban J connectivity index is 4.71. The van der Waals surface area contributed by atoms with E-state index in [1.54, 1.807) is 6.08 Å². The van der Waals surface area contributed by atoms with Gasteiger partial charge in [0.1, 0.15) is 0 Å². The van der Waals surface area contributed by atoms with Crippen molar-refractivity contribution in [1.29, 1.82) is 0 Å². The molecule has 0 aliphatic carbocycles. The molecule has 30 heavy (non-hydrogen) atoms. The van der Waals surface area contributed by atoms with Crippen molar-refractivity contribution < 1.29 is 0 Å². The molecule has 0 aliphatic rings. The molecule has 0 fully saturated rings. The fourth-order valence-electron chi connectivity index (χ4n) is 2.02. The Labute approximate surface area is 183 Å². The molecule has 0 amide bonds. The molecule has 0 aromatic rings. The first kappa shape index (κ1) is 27.2. The van der Waals surface area contributed by atoms with Gasteiger partial charge < -0.3 is 5.32 Å². The summed E-state index contributed by atoms with van der Waals surface area (Å²) >= 11 is 0. The smallest absolute Gasteiger partial charge is 0.0786 e. The monoisotopic (exact) mass is 409 g/mol. The van der Waals surface area contributed by atoms with Gasteiger partial charge >= 0.3 is 0 Å². The normalized spacial score (nSPS) is 14.3. The van der Waals surface area contributed by atoms with E-state index in [-0.39, 0.29) is 0 Å². The van der Waals surface area contributed by atoms with Crippen LogP contribution in [-0.4, -0.2) is 6.54 Å². The first-order valence-electron chi connectivity index (χ1n) is 10.6. The highest BCUT2D eigenvalue weighted by atomic mass is 15.1. The highest BCUT2D eigenvalue weighted by molar-refractivity contribution is 5.22. The first-order valence-corrected chi connectivity index (χ1v) is 10.6. The summed E-state index contributed by atoms with van der Waals surface area (Å²) in [4.78, 5) is 0. The lowest BCUT2D eigenvalue weighted by Gasteiger charge is -2.02. The van der Waals surface area contributed by atoms with Gasteiger partial charge in [-0.05, 0) is 77.3 Å². The van der Waals surface area contributed by atoms with Crippen LogP contribution in [0.2, 0.25) is 0 Å². The van der Waals surface area contributed by atoms with Gasteiger partial charge in [-0.15, -0.1) is 0 Å². The van der Waals surface area contributed by atoms with Gasteiger partial charge in [-0.1, -0.05) is 45.1 Å². The standard InChI is InChI=1S/C25H39N5/c1-9-11-12-20(3)13-14-22(5)27-29-24(7)17-18-25(8)30-28-23(6)16-15-21(4)26-19-10-2/h13-18,26H,4,6,9-12,19H2,1-3,5,7-8H3/b16-15-,20-13+,22-14+,24-17+,25-18+,29-27?,30-28?. The summed E-state index contributed by atoms with van der Waals surface area (Å²) in [6.07, 6.45) is 16.1. The molecule has 0 aliphatic heterocycles. The van der Waals surface area contributed by atoms with Crippen LogP contribution < -0.4 is 5.32 Å². The van der Waals surface area contributed by atoms with E-state index >= 15 is 0 Å². The Morgan fingerprint density at radius 1 is 0.733 bits per heavy atom. The van der Waals surface area contributed by atoms with Crippen molar-refractivity contribution in [2.24, 2.45) is 20.5 Å². The van der Waals surface area contributed by atoms with Gasteiger partial charge in [-0.3, -0.25) is 0 Å². The molecule has 0 spiro atoms. The van der Waals surface area contributed by atoms with Crippen LogP contribution in [0.15, 0.2) is 104 Å². The Kier molecular flexibility index (Phi) is 15.5. The molecule has 0 atom stereocenters. The molecule has 5 heteroatoms. The van der Waals surface area contributed by atoms with E-state index in [0.717, 1.165) is 42.2 Å². The molecule has 1 N–H and O–H groups in total. The van der Waals surface area contributed by atoms with E-state index < -0.39 is 0 Å². The number of hydrogen-bond donors (Lipinski definition) is 1. The maximum Gasteiger partial charge on any atom is 0.0786 e. The molecule has 0 saturated carbocycles. The topological polar surface area (TPSA) is 61.5 Å². The quantitative estimate of drug-likeness (QED) is 0.227. The van der Waals surface area contributed by atoms with Crippen molar-refractivity contribution in [2.75, 3.05) is 6.54 Å². The van der Waals surface area contributed by atoms with Gasteiger partial charge in [-0.25, -0.2) is 0 Å². The fourth-order valence-corrected chi connectivity index (χ4v) is 2.02. The number of allylic oxidation sites excluding steroid dienone is 10. The highest BCUT2D eigenvalue weighted by Gasteiger charge is 1.90. The van der Waals surface area contributed by atoms with E-state index in [1.165, 1.54) is 18.4 Å². The van der Waals surface area contributed by atoms with Gasteiger partial charge in [0.05, 0.1) is 22.8 Å². The average molecular weight is 410 g/mol. The summed E-state index contributed by atoms with van der Waals surface area (Å²) in [6, 6.07) is 0. The minimum absolute atomic E-state index is 0.561. The van der Waals surface area contributed by atoms with Crippen molar-refractivity contribution in [3.8, 4) is 0 Å². The second-order valence-electron chi connectivity index (χ2n) is 7.22. The largest absolute Gasteiger partial charge is 0.386 e. The summed E-state index contributed by atoms with van der Waals surface area (Å²) in [5, 5.41) is 19.9. The summed E-state index contributed by atoms with van der Waals surface area (Å²) in [7, 11) is 0. The zero-order valence-electron chi connectivity index (χ0n) is 19.7. The van der Waals surface area contributed by atoms with Gasteiger partial charge in [0.15, 0.2) is 0 Å². The molecule has 0 radical (unpaired) electrons. The van der Waals surface area contributed by atoms with Crippen LogP contribution in [0.3, 0.4) is 0 Å². The van der Waals surface area contributed by atoms with Crippen molar-refractivity contribution in [3.63, 3.8) is 0 Å². The van der Waals surface area contributed by atoms with Crippen LogP contribution in [0.25, 0.3) is 0 Å². The van der Waals surface area contributed by atoms with E-state index in [1.807, 2.05) is 45.1 Å². The molecular weight excluding hydrogens is 370 g/mol. The van der Waals surface area contributed by atoms with E-state index in [0.29, 0.717) is 5.70 Å². The lowest BCUT2D eigenvalue weighted by molar-refractivity contribution is 0.787. The Bertz CT molecular complexity index is 758. The number of azo groups is 2. The lowest BCUT2D eigenvalue weighted by atomic mass is 10.1. The summed E-state index contributed by atoms with van der Waals surface area (Å²) in [6.45, 7) is 20.8.